The molecule has 0 spiro atoms. The van der Waals surface area contributed by atoms with Gasteiger partial charge in [-0.25, -0.2) is 0 Å². The van der Waals surface area contributed by atoms with Crippen molar-refractivity contribution in [3.63, 3.8) is 0 Å². The van der Waals surface area contributed by atoms with Gasteiger partial charge in [0.1, 0.15) is 0 Å². The van der Waals surface area contributed by atoms with Crippen molar-refractivity contribution in [2.24, 2.45) is 0 Å². The van der Waals surface area contributed by atoms with Crippen molar-refractivity contribution in [1.82, 2.24) is 15.0 Å². The molecule has 0 N–H and O–H groups in total. The first-order chi connectivity index (χ1) is 36.6. The Bertz CT molecular complexity index is 3500. The van der Waals surface area contributed by atoms with E-state index in [1.165, 1.54) is 21.5 Å². The zero-order valence-electron chi connectivity index (χ0n) is 41.0. The quantitative estimate of drug-likeness (QED) is 0.121. The summed E-state index contributed by atoms with van der Waals surface area (Å²) in [6.45, 7) is 7.77. The fourth-order valence-electron chi connectivity index (χ4n) is 8.78. The number of nitrogens with zero attached hydrogens (tertiary/aromatic N) is 5. The minimum Gasteiger partial charge on any atom is -0.328 e. The minimum absolute atomic E-state index is 0. The number of rotatable bonds is 11. The zero-order valence-corrected chi connectivity index (χ0v) is 43.4. The SMILES string of the molecule is C=Cc1ccc(N(c2cc[c-]c(-c3ccccn3)c2)c2cccc3ccccc23)cc1.C=Cc1ccc(N(c2cc[c-]c(-c3ccccn3)c2)c2cccc3ccccc23)cc1.[Ir+3].[c-]1ccccc1-c1ccccn1. The van der Waals surface area contributed by atoms with E-state index in [4.69, 9.17) is 0 Å². The van der Waals surface area contributed by atoms with E-state index in [-0.39, 0.29) is 20.1 Å². The van der Waals surface area contributed by atoms with Gasteiger partial charge in [-0.15, -0.1) is 95.6 Å². The molecule has 0 atom stereocenters. The van der Waals surface area contributed by atoms with Gasteiger partial charge in [-0.2, -0.15) is 0 Å². The molecule has 0 unspecified atom stereocenters. The molecular formula is C69H50IrN5. The number of aromatic nitrogens is 3. The second kappa shape index (κ2) is 24.9. The average molecular weight is 1140 g/mol. The molecule has 6 heteroatoms. The van der Waals surface area contributed by atoms with Gasteiger partial charge in [0.2, 0.25) is 0 Å². The third-order valence-corrected chi connectivity index (χ3v) is 12.4. The molecule has 0 aliphatic rings. The molecule has 3 heterocycles. The van der Waals surface area contributed by atoms with Crippen molar-refractivity contribution in [1.29, 1.82) is 0 Å². The van der Waals surface area contributed by atoms with Crippen molar-refractivity contribution in [2.45, 2.75) is 0 Å². The first-order valence-corrected chi connectivity index (χ1v) is 24.4. The molecule has 0 fully saturated rings. The van der Waals surface area contributed by atoms with E-state index in [1.807, 2.05) is 116 Å². The molecule has 0 aliphatic heterocycles. The largest absolute Gasteiger partial charge is 3.00 e. The monoisotopic (exact) mass is 1140 g/mol. The van der Waals surface area contributed by atoms with Crippen LogP contribution in [0.1, 0.15) is 11.1 Å². The van der Waals surface area contributed by atoms with Gasteiger partial charge in [0, 0.05) is 40.7 Å². The summed E-state index contributed by atoms with van der Waals surface area (Å²) in [4.78, 5) is 17.8. The van der Waals surface area contributed by atoms with E-state index < -0.39 is 0 Å². The normalized spacial score (nSPS) is 10.4. The second-order valence-electron chi connectivity index (χ2n) is 17.1. The van der Waals surface area contributed by atoms with Crippen molar-refractivity contribution in [2.75, 3.05) is 9.80 Å². The summed E-state index contributed by atoms with van der Waals surface area (Å²) in [5.41, 5.74) is 14.5. The van der Waals surface area contributed by atoms with Gasteiger partial charge in [0.15, 0.2) is 0 Å². The molecule has 0 amide bonds. The van der Waals surface area contributed by atoms with Crippen molar-refractivity contribution in [3.8, 4) is 33.8 Å². The number of anilines is 6. The Labute approximate surface area is 453 Å². The third-order valence-electron chi connectivity index (χ3n) is 12.4. The molecule has 12 rings (SSSR count). The van der Waals surface area contributed by atoms with Gasteiger partial charge in [0.25, 0.3) is 0 Å². The van der Waals surface area contributed by atoms with Gasteiger partial charge in [-0.1, -0.05) is 159 Å². The van der Waals surface area contributed by atoms with Crippen molar-refractivity contribution in [3.05, 3.63) is 310 Å². The molecule has 0 radical (unpaired) electrons. The second-order valence-corrected chi connectivity index (χ2v) is 17.1. The van der Waals surface area contributed by atoms with Gasteiger partial charge in [0.05, 0.1) is 11.4 Å². The van der Waals surface area contributed by atoms with E-state index in [1.54, 1.807) is 6.20 Å². The van der Waals surface area contributed by atoms with Gasteiger partial charge in [-0.05, 0) is 105 Å². The molecule has 0 aliphatic carbocycles. The third kappa shape index (κ3) is 12.1. The number of pyridine rings is 3. The van der Waals surface area contributed by atoms with Gasteiger partial charge in [-0.3, -0.25) is 0 Å². The maximum atomic E-state index is 4.51. The van der Waals surface area contributed by atoms with E-state index in [0.717, 1.165) is 79.0 Å². The van der Waals surface area contributed by atoms with Gasteiger partial charge < -0.3 is 24.8 Å². The number of hydrogen-bond donors (Lipinski definition) is 0. The first-order valence-electron chi connectivity index (χ1n) is 24.4. The molecule has 12 aromatic rings. The average Bonchev–Trinajstić information content (AvgIpc) is 3.49. The predicted octanol–water partition coefficient (Wildman–Crippen LogP) is 18.2. The summed E-state index contributed by atoms with van der Waals surface area (Å²) in [5.74, 6) is 0. The smallest absolute Gasteiger partial charge is 0.328 e. The van der Waals surface area contributed by atoms with E-state index in [0.29, 0.717) is 0 Å². The maximum absolute atomic E-state index is 4.51. The summed E-state index contributed by atoms with van der Waals surface area (Å²) >= 11 is 0. The van der Waals surface area contributed by atoms with Crippen LogP contribution in [0.3, 0.4) is 0 Å². The van der Waals surface area contributed by atoms with Crippen LogP contribution in [0.5, 0.6) is 0 Å². The zero-order chi connectivity index (χ0) is 50.3. The Morgan fingerprint density at radius 2 is 0.720 bits per heavy atom. The molecule has 0 bridgehead atoms. The molecule has 360 valence electrons. The van der Waals surface area contributed by atoms with Crippen LogP contribution < -0.4 is 9.80 Å². The molecule has 3 aromatic heterocycles. The van der Waals surface area contributed by atoms with Crippen molar-refractivity contribution < 1.29 is 20.1 Å². The summed E-state index contributed by atoms with van der Waals surface area (Å²) in [6.07, 6.45) is 9.14. The van der Waals surface area contributed by atoms with Crippen LogP contribution in [-0.2, 0) is 20.1 Å². The summed E-state index contributed by atoms with van der Waals surface area (Å²) in [6, 6.07) is 94.5. The fourth-order valence-corrected chi connectivity index (χ4v) is 8.78. The standard InChI is InChI=1S/2C29H21N2.C11H8N.Ir/c2*1-2-22-16-18-25(19-17-22)31(29-15-8-10-23-9-3-4-13-27(23)29)26-12-7-11-24(21-26)28-14-5-6-20-30-28;1-2-6-10(7-3-1)11-8-4-5-9-12-11;/h2*2-10,12-21H,1H2;1-6,8-9H;/q3*-1;+3. The topological polar surface area (TPSA) is 45.2 Å². The Morgan fingerprint density at radius 1 is 0.333 bits per heavy atom. The van der Waals surface area contributed by atoms with Crippen molar-refractivity contribution >= 4 is 67.8 Å². The predicted molar refractivity (Wildman–Crippen MR) is 310 cm³/mol. The van der Waals surface area contributed by atoms with E-state index in [2.05, 4.69) is 214 Å². The Balaban J connectivity index is 0.000000149. The number of benzene rings is 9. The molecule has 75 heavy (non-hydrogen) atoms. The van der Waals surface area contributed by atoms with Gasteiger partial charge >= 0.3 is 20.1 Å². The Hall–Kier alpha value is -9.32. The molecule has 5 nitrogen and oxygen atoms in total. The first kappa shape index (κ1) is 50.6. The summed E-state index contributed by atoms with van der Waals surface area (Å²) in [5, 5.41) is 4.82. The van der Waals surface area contributed by atoms with Crippen LogP contribution in [0, 0.1) is 18.2 Å². The fraction of sp³-hybridized carbons (Fsp3) is 0. The number of hydrogen-bond acceptors (Lipinski definition) is 5. The Kier molecular flexibility index (Phi) is 16.8. The molecule has 0 saturated heterocycles. The molecule has 9 aromatic carbocycles. The minimum atomic E-state index is 0. The number of fused-ring (bicyclic) bond motifs is 2. The van der Waals surface area contributed by atoms with Crippen LogP contribution in [0.15, 0.2) is 280 Å². The molecule has 0 saturated carbocycles. The van der Waals surface area contributed by atoms with E-state index >= 15 is 0 Å². The summed E-state index contributed by atoms with van der Waals surface area (Å²) in [7, 11) is 0. The maximum Gasteiger partial charge on any atom is 3.00 e. The van der Waals surface area contributed by atoms with Crippen LogP contribution in [0.2, 0.25) is 0 Å². The Morgan fingerprint density at radius 3 is 1.12 bits per heavy atom. The van der Waals surface area contributed by atoms with Crippen LogP contribution in [-0.4, -0.2) is 15.0 Å². The van der Waals surface area contributed by atoms with Crippen LogP contribution >= 0.6 is 0 Å². The van der Waals surface area contributed by atoms with E-state index in [9.17, 15) is 0 Å². The molecular weight excluding hydrogens is 1090 g/mol. The van der Waals surface area contributed by atoms with Crippen LogP contribution in [0.4, 0.5) is 34.1 Å². The van der Waals surface area contributed by atoms with Crippen LogP contribution in [0.25, 0.3) is 67.5 Å². The summed E-state index contributed by atoms with van der Waals surface area (Å²) < 4.78 is 0.